The molecule has 1 aromatic heterocycles. The Balaban J connectivity index is 1.67. The Kier molecular flexibility index (Phi) is 5.14. The zero-order valence-electron chi connectivity index (χ0n) is 14.4. The van der Waals surface area contributed by atoms with E-state index in [1.807, 2.05) is 18.2 Å². The molecule has 0 fully saturated rings. The highest BCUT2D eigenvalue weighted by atomic mass is 16.2. The van der Waals surface area contributed by atoms with Crippen molar-refractivity contribution >= 4 is 39.9 Å². The molecule has 3 rings (SSSR count). The summed E-state index contributed by atoms with van der Waals surface area (Å²) in [6, 6.07) is 13.9. The first-order valence-corrected chi connectivity index (χ1v) is 8.04. The van der Waals surface area contributed by atoms with Gasteiger partial charge in [0.25, 0.3) is 5.91 Å². The lowest BCUT2D eigenvalue weighted by molar-refractivity contribution is -0.114. The summed E-state index contributed by atoms with van der Waals surface area (Å²) in [5.74, 6) is -0.722. The summed E-state index contributed by atoms with van der Waals surface area (Å²) in [7, 11) is 0. The maximum absolute atomic E-state index is 12.3. The molecule has 2 amide bonds. The Morgan fingerprint density at radius 2 is 1.74 bits per heavy atom. The van der Waals surface area contributed by atoms with Gasteiger partial charge in [-0.15, -0.1) is 0 Å². The Labute approximate surface area is 154 Å². The van der Waals surface area contributed by atoms with Crippen LogP contribution in [0.15, 0.2) is 60.6 Å². The van der Waals surface area contributed by atoms with Crippen LogP contribution in [0.2, 0.25) is 0 Å². The number of imidazole rings is 1. The number of H-pyrrole nitrogens is 1. The van der Waals surface area contributed by atoms with Gasteiger partial charge in [-0.3, -0.25) is 9.59 Å². The average molecular weight is 360 g/mol. The molecular formula is C19H16N6O2. The Hall–Kier alpha value is -4.12. The maximum atomic E-state index is 12.3. The molecule has 1 heterocycles. The Morgan fingerprint density at radius 3 is 2.41 bits per heavy atom. The van der Waals surface area contributed by atoms with Crippen LogP contribution >= 0.6 is 0 Å². The third kappa shape index (κ3) is 4.49. The zero-order valence-corrected chi connectivity index (χ0v) is 14.4. The second-order valence-electron chi connectivity index (χ2n) is 5.66. The topological polar surface area (TPSA) is 123 Å². The third-order valence-corrected chi connectivity index (χ3v) is 3.63. The minimum Gasteiger partial charge on any atom is -0.360 e. The molecule has 0 bridgehead atoms. The van der Waals surface area contributed by atoms with Gasteiger partial charge in [-0.1, -0.05) is 0 Å². The van der Waals surface area contributed by atoms with Gasteiger partial charge in [0.15, 0.2) is 0 Å². The van der Waals surface area contributed by atoms with E-state index in [0.717, 1.165) is 11.0 Å². The fourth-order valence-corrected chi connectivity index (χ4v) is 2.37. The number of nitrogens with one attached hydrogen (secondary N) is 4. The Bertz CT molecular complexity index is 1060. The number of hydrogen-bond donors (Lipinski definition) is 4. The summed E-state index contributed by atoms with van der Waals surface area (Å²) in [6.45, 7) is 1.41. The van der Waals surface area contributed by atoms with Crippen molar-refractivity contribution < 1.29 is 9.59 Å². The molecule has 4 N–H and O–H groups in total. The molecule has 0 spiro atoms. The number of aromatic amines is 1. The largest absolute Gasteiger partial charge is 0.360 e. The van der Waals surface area contributed by atoms with Gasteiger partial charge in [0.2, 0.25) is 5.91 Å². The molecule has 0 radical (unpaired) electrons. The van der Waals surface area contributed by atoms with E-state index in [-0.39, 0.29) is 11.5 Å². The number of carbonyl (C=O) groups is 2. The highest BCUT2D eigenvalue weighted by Gasteiger charge is 2.09. The third-order valence-electron chi connectivity index (χ3n) is 3.63. The summed E-state index contributed by atoms with van der Waals surface area (Å²) in [6.07, 6.45) is 2.94. The van der Waals surface area contributed by atoms with Gasteiger partial charge in [-0.05, 0) is 42.5 Å². The number of hydrogen-bond acceptors (Lipinski definition) is 5. The first-order chi connectivity index (χ1) is 13.0. The number of nitriles is 1. The predicted molar refractivity (Wildman–Crippen MR) is 103 cm³/mol. The van der Waals surface area contributed by atoms with E-state index in [9.17, 15) is 14.9 Å². The van der Waals surface area contributed by atoms with Crippen LogP contribution in [0.5, 0.6) is 0 Å². The maximum Gasteiger partial charge on any atom is 0.267 e. The number of rotatable bonds is 5. The number of nitrogens with zero attached hydrogens (tertiary/aromatic N) is 2. The van der Waals surface area contributed by atoms with Crippen molar-refractivity contribution in [2.45, 2.75) is 6.92 Å². The van der Waals surface area contributed by atoms with Crippen LogP contribution in [0.25, 0.3) is 11.0 Å². The van der Waals surface area contributed by atoms with Crippen molar-refractivity contribution in [3.63, 3.8) is 0 Å². The molecule has 0 aliphatic heterocycles. The van der Waals surface area contributed by atoms with Gasteiger partial charge in [0.05, 0.1) is 17.4 Å². The van der Waals surface area contributed by atoms with Crippen molar-refractivity contribution in [3.8, 4) is 6.07 Å². The Morgan fingerprint density at radius 1 is 1.07 bits per heavy atom. The van der Waals surface area contributed by atoms with E-state index in [1.165, 1.54) is 13.1 Å². The molecule has 134 valence electrons. The molecule has 27 heavy (non-hydrogen) atoms. The zero-order chi connectivity index (χ0) is 19.2. The van der Waals surface area contributed by atoms with Crippen LogP contribution in [0, 0.1) is 11.3 Å². The molecule has 3 aromatic rings. The predicted octanol–water partition coefficient (Wildman–Crippen LogP) is 2.98. The molecule has 8 nitrogen and oxygen atoms in total. The first-order valence-electron chi connectivity index (χ1n) is 8.04. The van der Waals surface area contributed by atoms with Gasteiger partial charge < -0.3 is 20.9 Å². The van der Waals surface area contributed by atoms with Crippen LogP contribution in [0.3, 0.4) is 0 Å². The second kappa shape index (κ2) is 7.84. The second-order valence-corrected chi connectivity index (χ2v) is 5.66. The lowest BCUT2D eigenvalue weighted by atomic mass is 10.2. The number of carbonyl (C=O) groups excluding carboxylic acids is 2. The van der Waals surface area contributed by atoms with Gasteiger partial charge >= 0.3 is 0 Å². The lowest BCUT2D eigenvalue weighted by Gasteiger charge is -2.07. The van der Waals surface area contributed by atoms with Crippen molar-refractivity contribution in [2.24, 2.45) is 0 Å². The molecule has 0 saturated carbocycles. The fraction of sp³-hybridized carbons (Fsp3) is 0.0526. The molecule has 0 saturated heterocycles. The SMILES string of the molecule is CC(=O)Nc1ccc(NC(=O)/C(C#N)=C\Nc2ccc3nc[nH]c3c2)cc1. The molecular weight excluding hydrogens is 344 g/mol. The van der Waals surface area contributed by atoms with Crippen LogP contribution in [0.4, 0.5) is 17.1 Å². The summed E-state index contributed by atoms with van der Waals surface area (Å²) in [5.41, 5.74) is 3.43. The van der Waals surface area contributed by atoms with Crippen LogP contribution < -0.4 is 16.0 Å². The number of aromatic nitrogens is 2. The minimum absolute atomic E-state index is 0.0781. The lowest BCUT2D eigenvalue weighted by Crippen LogP contribution is -2.14. The monoisotopic (exact) mass is 360 g/mol. The molecule has 0 atom stereocenters. The van der Waals surface area contributed by atoms with Gasteiger partial charge in [-0.25, -0.2) is 4.98 Å². The van der Waals surface area contributed by atoms with Crippen LogP contribution in [-0.4, -0.2) is 21.8 Å². The molecule has 0 aliphatic rings. The van der Waals surface area contributed by atoms with Crippen LogP contribution in [-0.2, 0) is 9.59 Å². The van der Waals surface area contributed by atoms with E-state index in [4.69, 9.17) is 0 Å². The van der Waals surface area contributed by atoms with E-state index < -0.39 is 5.91 Å². The van der Waals surface area contributed by atoms with Gasteiger partial charge in [0.1, 0.15) is 11.6 Å². The first kappa shape index (κ1) is 17.7. The van der Waals surface area contributed by atoms with E-state index in [2.05, 4.69) is 25.9 Å². The summed E-state index contributed by atoms with van der Waals surface area (Å²) in [4.78, 5) is 30.4. The minimum atomic E-state index is -0.542. The fourth-order valence-electron chi connectivity index (χ4n) is 2.37. The molecule has 0 unspecified atom stereocenters. The standard InChI is InChI=1S/C19H16N6O2/c1-12(26)24-14-2-4-15(5-3-14)25-19(27)13(9-20)10-21-16-6-7-17-18(8-16)23-11-22-17/h2-8,10-11,21H,1H3,(H,22,23)(H,24,26)(H,25,27)/b13-10-. The molecule has 8 heteroatoms. The van der Waals surface area contributed by atoms with Gasteiger partial charge in [-0.2, -0.15) is 5.26 Å². The number of amides is 2. The normalized spacial score (nSPS) is 10.9. The molecule has 2 aromatic carbocycles. The van der Waals surface area contributed by atoms with Crippen molar-refractivity contribution in [1.82, 2.24) is 9.97 Å². The number of fused-ring (bicyclic) bond motifs is 1. The molecule has 0 aliphatic carbocycles. The van der Waals surface area contributed by atoms with E-state index in [1.54, 1.807) is 36.7 Å². The summed E-state index contributed by atoms with van der Waals surface area (Å²) < 4.78 is 0. The summed E-state index contributed by atoms with van der Waals surface area (Å²) in [5, 5.41) is 17.5. The number of benzene rings is 2. The quantitative estimate of drug-likeness (QED) is 0.411. The van der Waals surface area contributed by atoms with Gasteiger partial charge in [0, 0.05) is 30.2 Å². The van der Waals surface area contributed by atoms with E-state index >= 15 is 0 Å². The average Bonchev–Trinajstić information content (AvgIpc) is 3.11. The summed E-state index contributed by atoms with van der Waals surface area (Å²) >= 11 is 0. The number of anilines is 3. The van der Waals surface area contributed by atoms with Crippen molar-refractivity contribution in [1.29, 1.82) is 5.26 Å². The van der Waals surface area contributed by atoms with Crippen molar-refractivity contribution in [3.05, 3.63) is 60.6 Å². The highest BCUT2D eigenvalue weighted by Crippen LogP contribution is 2.17. The smallest absolute Gasteiger partial charge is 0.267 e. The van der Waals surface area contributed by atoms with Crippen molar-refractivity contribution in [2.75, 3.05) is 16.0 Å². The van der Waals surface area contributed by atoms with Crippen LogP contribution in [0.1, 0.15) is 6.92 Å². The highest BCUT2D eigenvalue weighted by molar-refractivity contribution is 6.06. The van der Waals surface area contributed by atoms with E-state index in [0.29, 0.717) is 17.1 Å².